The lowest BCUT2D eigenvalue weighted by molar-refractivity contribution is -0.235. The summed E-state index contributed by atoms with van der Waals surface area (Å²) in [5.41, 5.74) is 0. The summed E-state index contributed by atoms with van der Waals surface area (Å²) in [6, 6.07) is 0. The summed E-state index contributed by atoms with van der Waals surface area (Å²) in [6.07, 6.45) is -0.371. The van der Waals surface area contributed by atoms with Crippen LogP contribution < -0.4 is 4.89 Å². The van der Waals surface area contributed by atoms with Gasteiger partial charge in [0, 0.05) is 53.1 Å². The van der Waals surface area contributed by atoms with E-state index in [-0.39, 0.29) is 93.2 Å². The highest BCUT2D eigenvalue weighted by Crippen LogP contribution is 2.54. The van der Waals surface area contributed by atoms with Crippen molar-refractivity contribution in [1.82, 2.24) is 0 Å². The highest BCUT2D eigenvalue weighted by atomic mass is 31.2. The molecule has 0 bridgehead atoms. The topological polar surface area (TPSA) is 171 Å². The van der Waals surface area contributed by atoms with Crippen LogP contribution in [0.15, 0.2) is 0 Å². The summed E-state index contributed by atoms with van der Waals surface area (Å²) in [5, 5.41) is 0. The number of ether oxygens (including phenoxy) is 8. The molecule has 4 heterocycles. The molecule has 0 aliphatic carbocycles. The molecule has 0 radical (unpaired) electrons. The summed E-state index contributed by atoms with van der Waals surface area (Å²) < 4.78 is 78.1. The Bertz CT molecular complexity index is 962. The fourth-order valence-electron chi connectivity index (χ4n) is 6.56. The van der Waals surface area contributed by atoms with E-state index in [1.807, 2.05) is 41.5 Å². The molecule has 4 fully saturated rings. The first-order valence-corrected chi connectivity index (χ1v) is 20.2. The number of hydrogen-bond donors (Lipinski definition) is 1. The van der Waals surface area contributed by atoms with Crippen molar-refractivity contribution in [2.24, 2.45) is 11.8 Å². The fraction of sp³-hybridized carbons (Fsp3) is 1.00. The van der Waals surface area contributed by atoms with Crippen molar-refractivity contribution in [2.75, 3.05) is 61.5 Å². The number of rotatable bonds is 16. The number of phosphoric acid groups is 1. The molecular weight excluding hydrogens is 674 g/mol. The zero-order valence-corrected chi connectivity index (χ0v) is 32.2. The maximum Gasteiger partial charge on any atom is 0.405 e. The third-order valence-electron chi connectivity index (χ3n) is 9.61. The number of hydrogen-bond acceptors (Lipinski definition) is 15. The highest BCUT2D eigenvalue weighted by Gasteiger charge is 2.45. The van der Waals surface area contributed by atoms with E-state index >= 15 is 0 Å². The maximum absolute atomic E-state index is 12.3. The molecule has 4 aliphatic heterocycles. The van der Waals surface area contributed by atoms with E-state index in [4.69, 9.17) is 56.0 Å². The van der Waals surface area contributed by atoms with Gasteiger partial charge in [0.2, 0.25) is 0 Å². The van der Waals surface area contributed by atoms with E-state index in [1.54, 1.807) is 28.0 Å². The van der Waals surface area contributed by atoms with Crippen molar-refractivity contribution in [1.29, 1.82) is 0 Å². The van der Waals surface area contributed by atoms with E-state index in [0.717, 1.165) is 12.8 Å². The van der Waals surface area contributed by atoms with Gasteiger partial charge in [0.15, 0.2) is 0 Å². The quantitative estimate of drug-likeness (QED) is 0.229. The first-order chi connectivity index (χ1) is 22.5. The number of methoxy groups -OCH3 is 4. The van der Waals surface area contributed by atoms with Crippen molar-refractivity contribution in [2.45, 2.75) is 128 Å². The average Bonchev–Trinajstić information content (AvgIpc) is 3.74. The molecule has 0 aromatic carbocycles. The SMILES string of the molecule is COC1CC(C)OC1CO[P+](C)(O)OC[C@H]1O[C@@H](C)CC1OC.COC[C@H]1O[C@@H](C)[C@@H](C)C1OP(=O)([O-])OC[C@H]1O[C@@H](C)[C@@H](C)C1OC. The van der Waals surface area contributed by atoms with Crippen LogP contribution in [0.1, 0.15) is 54.4 Å². The molecule has 1 N–H and O–H groups in total. The summed E-state index contributed by atoms with van der Waals surface area (Å²) in [4.78, 5) is 22.7. The molecule has 0 saturated carbocycles. The highest BCUT2D eigenvalue weighted by molar-refractivity contribution is 7.59. The molecule has 48 heavy (non-hydrogen) atoms. The van der Waals surface area contributed by atoms with Gasteiger partial charge in [0.05, 0.1) is 62.0 Å². The summed E-state index contributed by atoms with van der Waals surface area (Å²) in [6.45, 7) is 13.9. The van der Waals surface area contributed by atoms with Gasteiger partial charge in [-0.1, -0.05) is 13.8 Å². The van der Waals surface area contributed by atoms with Crippen LogP contribution in [-0.4, -0.2) is 140 Å². The Balaban J connectivity index is 0.000000261. The normalized spacial score (nSPS) is 42.4. The van der Waals surface area contributed by atoms with Gasteiger partial charge in [0.1, 0.15) is 44.3 Å². The average molecular weight is 735 g/mol. The van der Waals surface area contributed by atoms with Gasteiger partial charge >= 0.3 is 7.94 Å². The van der Waals surface area contributed by atoms with Gasteiger partial charge < -0.3 is 51.8 Å². The molecule has 0 spiro atoms. The molecule has 4 saturated heterocycles. The Labute approximate surface area is 287 Å². The zero-order chi connectivity index (χ0) is 35.8. The second-order valence-electron chi connectivity index (χ2n) is 13.3. The molecule has 0 aromatic rings. The lowest BCUT2D eigenvalue weighted by Crippen LogP contribution is -2.35. The second-order valence-corrected chi connectivity index (χ2v) is 16.8. The summed E-state index contributed by atoms with van der Waals surface area (Å²) >= 11 is 0. The van der Waals surface area contributed by atoms with Gasteiger partial charge in [0.25, 0.3) is 7.82 Å². The van der Waals surface area contributed by atoms with Crippen LogP contribution in [0.5, 0.6) is 0 Å². The zero-order valence-electron chi connectivity index (χ0n) is 30.4. The minimum Gasteiger partial charge on any atom is -0.756 e. The molecule has 4 aliphatic rings. The van der Waals surface area contributed by atoms with Gasteiger partial charge in [-0.3, -0.25) is 4.57 Å². The van der Waals surface area contributed by atoms with Gasteiger partial charge in [-0.15, -0.1) is 0 Å². The largest absolute Gasteiger partial charge is 0.756 e. The maximum atomic E-state index is 12.3. The predicted octanol–water partition coefficient (Wildman–Crippen LogP) is 3.15. The third-order valence-corrected chi connectivity index (χ3v) is 11.8. The van der Waals surface area contributed by atoms with Crippen molar-refractivity contribution in [3.63, 3.8) is 0 Å². The van der Waals surface area contributed by atoms with Crippen LogP contribution in [0.2, 0.25) is 0 Å². The third kappa shape index (κ3) is 12.1. The van der Waals surface area contributed by atoms with Crippen LogP contribution >= 0.6 is 15.8 Å². The molecule has 8 unspecified atom stereocenters. The van der Waals surface area contributed by atoms with Crippen molar-refractivity contribution >= 4 is 15.8 Å². The van der Waals surface area contributed by atoms with E-state index in [0.29, 0.717) is 0 Å². The molecule has 4 rings (SSSR count). The standard InChI is InChI=1S/C16H31O8P.C15H30O7P/c1-9-11(3)23-14(15(9)20-6)8-21-25(17,18)24-16-10(2)12(4)22-13(16)7-19-5;1-10-6-12(17-3)14(21-10)8-19-23(5,16)20-9-15-13(18-4)7-11(2)22-15/h9-16H,7-8H2,1-6H3,(H,17,18);10-16H,6-9H2,1-5H3/q;+1/p-1/t9-,10-,11+,12+,13-,14-,15?,16?;10-,11?,12?,13?,14+,15?,23?/m10/s1. The Morgan fingerprint density at radius 2 is 1.15 bits per heavy atom. The first-order valence-electron chi connectivity index (χ1n) is 16.8. The van der Waals surface area contributed by atoms with E-state index in [9.17, 15) is 14.4 Å². The fourth-order valence-corrected chi connectivity index (χ4v) is 8.50. The van der Waals surface area contributed by atoms with Gasteiger partial charge in [-0.05, 0) is 27.7 Å². The molecule has 16 atom stereocenters. The van der Waals surface area contributed by atoms with E-state index in [2.05, 4.69) is 0 Å². The van der Waals surface area contributed by atoms with Crippen LogP contribution in [0.4, 0.5) is 0 Å². The lowest BCUT2D eigenvalue weighted by Gasteiger charge is -2.31. The van der Waals surface area contributed by atoms with Crippen molar-refractivity contribution < 1.29 is 70.3 Å². The Kier molecular flexibility index (Phi) is 17.1. The van der Waals surface area contributed by atoms with Crippen molar-refractivity contribution in [3.8, 4) is 0 Å². The van der Waals surface area contributed by atoms with Gasteiger partial charge in [-0.25, -0.2) is 0 Å². The second kappa shape index (κ2) is 19.3. The van der Waals surface area contributed by atoms with Crippen LogP contribution in [-0.2, 0) is 60.6 Å². The Hall–Kier alpha value is 0.1000. The summed E-state index contributed by atoms with van der Waals surface area (Å²) in [5.74, 6) is 0.0567. The van der Waals surface area contributed by atoms with E-state index in [1.165, 1.54) is 7.11 Å². The monoisotopic (exact) mass is 734 g/mol. The van der Waals surface area contributed by atoms with Crippen LogP contribution in [0, 0.1) is 11.8 Å². The van der Waals surface area contributed by atoms with E-state index < -0.39 is 34.1 Å². The lowest BCUT2D eigenvalue weighted by atomic mass is 9.99. The minimum absolute atomic E-state index is 0.0121. The van der Waals surface area contributed by atoms with Gasteiger partial charge in [-0.2, -0.15) is 13.9 Å². The van der Waals surface area contributed by atoms with Crippen LogP contribution in [0.3, 0.4) is 0 Å². The number of phosphoric ester groups is 1. The molecular formula is C31H60O15P2. The molecule has 284 valence electrons. The van der Waals surface area contributed by atoms with Crippen LogP contribution in [0.25, 0.3) is 0 Å². The molecule has 17 heteroatoms. The molecule has 0 amide bonds. The predicted molar refractivity (Wildman–Crippen MR) is 175 cm³/mol. The minimum atomic E-state index is -4.52. The smallest absolute Gasteiger partial charge is 0.405 e. The first kappa shape index (κ1) is 42.5. The molecule has 0 aromatic heterocycles. The Morgan fingerprint density at radius 1 is 0.688 bits per heavy atom. The molecule has 15 nitrogen and oxygen atoms in total. The van der Waals surface area contributed by atoms with Crippen molar-refractivity contribution in [3.05, 3.63) is 0 Å². The summed E-state index contributed by atoms with van der Waals surface area (Å²) in [7, 11) is -1.02. The Morgan fingerprint density at radius 3 is 1.58 bits per heavy atom.